The van der Waals surface area contributed by atoms with Crippen molar-refractivity contribution < 1.29 is 0 Å². The molecule has 17 heavy (non-hydrogen) atoms. The number of anilines is 1. The van der Waals surface area contributed by atoms with Crippen molar-refractivity contribution in [2.45, 2.75) is 43.4 Å². The molecule has 1 atom stereocenters. The van der Waals surface area contributed by atoms with Crippen molar-refractivity contribution in [3.8, 4) is 0 Å². The smallest absolute Gasteiger partial charge is 0.0422 e. The summed E-state index contributed by atoms with van der Waals surface area (Å²) in [6, 6.07) is 1.83. The minimum atomic E-state index is 0.00984. The van der Waals surface area contributed by atoms with Crippen LogP contribution in [0.5, 0.6) is 0 Å². The van der Waals surface area contributed by atoms with E-state index in [1.165, 1.54) is 32.1 Å². The standard InChI is InChI=1S/C13H21N3S/c14-12-6-7-16-8-11(12)13(15)9-17-10-4-2-1-3-5-10/h6-8,10,13H,1-5,9,15H2,(H2,14,16). The van der Waals surface area contributed by atoms with Gasteiger partial charge in [-0.3, -0.25) is 4.98 Å². The first-order valence-electron chi connectivity index (χ1n) is 6.34. The lowest BCUT2D eigenvalue weighted by Crippen LogP contribution is -2.18. The molecule has 1 aromatic heterocycles. The average Bonchev–Trinajstić information content (AvgIpc) is 2.38. The van der Waals surface area contributed by atoms with Gasteiger partial charge >= 0.3 is 0 Å². The van der Waals surface area contributed by atoms with Crippen LogP contribution in [0.1, 0.15) is 43.7 Å². The Labute approximate surface area is 107 Å². The number of nitrogens with two attached hydrogens (primary N) is 2. The highest BCUT2D eigenvalue weighted by molar-refractivity contribution is 7.99. The average molecular weight is 251 g/mol. The van der Waals surface area contributed by atoms with Crippen molar-refractivity contribution in [3.63, 3.8) is 0 Å². The van der Waals surface area contributed by atoms with Crippen molar-refractivity contribution in [3.05, 3.63) is 24.0 Å². The van der Waals surface area contributed by atoms with Gasteiger partial charge in [0.05, 0.1) is 0 Å². The third-order valence-electron chi connectivity index (χ3n) is 3.35. The van der Waals surface area contributed by atoms with Gasteiger partial charge in [-0.2, -0.15) is 11.8 Å². The number of hydrogen-bond acceptors (Lipinski definition) is 4. The summed E-state index contributed by atoms with van der Waals surface area (Å²) in [5, 5.41) is 0.799. The summed E-state index contributed by atoms with van der Waals surface area (Å²) in [6.07, 6.45) is 10.4. The van der Waals surface area contributed by atoms with E-state index in [1.54, 1.807) is 12.4 Å². The molecular formula is C13H21N3S. The van der Waals surface area contributed by atoms with Crippen molar-refractivity contribution in [2.75, 3.05) is 11.5 Å². The van der Waals surface area contributed by atoms with Crippen LogP contribution in [-0.4, -0.2) is 16.0 Å². The molecule has 1 heterocycles. The second-order valence-electron chi connectivity index (χ2n) is 4.70. The van der Waals surface area contributed by atoms with Crippen LogP contribution in [0.2, 0.25) is 0 Å². The highest BCUT2D eigenvalue weighted by Crippen LogP contribution is 2.31. The summed E-state index contributed by atoms with van der Waals surface area (Å²) in [6.45, 7) is 0. The number of nitrogens with zero attached hydrogens (tertiary/aromatic N) is 1. The van der Waals surface area contributed by atoms with Gasteiger partial charge in [-0.05, 0) is 18.9 Å². The van der Waals surface area contributed by atoms with E-state index >= 15 is 0 Å². The Bertz CT molecular complexity index is 350. The van der Waals surface area contributed by atoms with Crippen molar-refractivity contribution >= 4 is 17.4 Å². The molecule has 1 saturated carbocycles. The Morgan fingerprint density at radius 1 is 1.35 bits per heavy atom. The summed E-state index contributed by atoms with van der Waals surface area (Å²) < 4.78 is 0. The summed E-state index contributed by atoms with van der Waals surface area (Å²) in [4.78, 5) is 4.09. The molecule has 1 aliphatic carbocycles. The van der Waals surface area contributed by atoms with E-state index in [0.717, 1.165) is 22.3 Å². The monoisotopic (exact) mass is 251 g/mol. The minimum absolute atomic E-state index is 0.00984. The maximum Gasteiger partial charge on any atom is 0.0422 e. The van der Waals surface area contributed by atoms with Gasteiger partial charge in [0.1, 0.15) is 0 Å². The van der Waals surface area contributed by atoms with Gasteiger partial charge in [0.2, 0.25) is 0 Å². The van der Waals surface area contributed by atoms with Crippen molar-refractivity contribution in [2.24, 2.45) is 5.73 Å². The predicted octanol–water partition coefficient (Wildman–Crippen LogP) is 2.73. The van der Waals surface area contributed by atoms with Gasteiger partial charge < -0.3 is 11.5 Å². The quantitative estimate of drug-likeness (QED) is 0.863. The SMILES string of the molecule is Nc1ccncc1C(N)CSC1CCCCC1. The lowest BCUT2D eigenvalue weighted by molar-refractivity contribution is 0.515. The molecule has 0 bridgehead atoms. The van der Waals surface area contributed by atoms with E-state index < -0.39 is 0 Å². The van der Waals surface area contributed by atoms with Gasteiger partial charge in [0, 0.05) is 40.7 Å². The molecule has 3 nitrogen and oxygen atoms in total. The Hall–Kier alpha value is -0.740. The van der Waals surface area contributed by atoms with Gasteiger partial charge in [0.15, 0.2) is 0 Å². The molecule has 2 rings (SSSR count). The zero-order valence-corrected chi connectivity index (χ0v) is 11.0. The normalized spacial score (nSPS) is 19.1. The van der Waals surface area contributed by atoms with E-state index in [-0.39, 0.29) is 6.04 Å². The number of aromatic nitrogens is 1. The Balaban J connectivity index is 1.84. The van der Waals surface area contributed by atoms with Crippen molar-refractivity contribution in [1.29, 1.82) is 0 Å². The van der Waals surface area contributed by atoms with Gasteiger partial charge in [-0.25, -0.2) is 0 Å². The van der Waals surface area contributed by atoms with Crippen LogP contribution in [0.15, 0.2) is 18.5 Å². The fourth-order valence-corrected chi connectivity index (χ4v) is 3.61. The molecule has 1 aromatic rings. The largest absolute Gasteiger partial charge is 0.398 e. The zero-order valence-electron chi connectivity index (χ0n) is 10.1. The maximum atomic E-state index is 6.17. The van der Waals surface area contributed by atoms with Crippen LogP contribution in [0.3, 0.4) is 0 Å². The molecule has 0 radical (unpaired) electrons. The molecule has 0 aliphatic heterocycles. The topological polar surface area (TPSA) is 64.9 Å². The molecule has 4 N–H and O–H groups in total. The van der Waals surface area contributed by atoms with Crippen LogP contribution in [0.4, 0.5) is 5.69 Å². The molecule has 0 spiro atoms. The predicted molar refractivity (Wildman–Crippen MR) is 74.9 cm³/mol. The Kier molecular flexibility index (Phi) is 4.68. The molecule has 4 heteroatoms. The van der Waals surface area contributed by atoms with E-state index in [2.05, 4.69) is 4.98 Å². The van der Waals surface area contributed by atoms with Crippen molar-refractivity contribution in [1.82, 2.24) is 4.98 Å². The first-order chi connectivity index (χ1) is 8.27. The summed E-state index contributed by atoms with van der Waals surface area (Å²) in [7, 11) is 0. The van der Waals surface area contributed by atoms with E-state index in [9.17, 15) is 0 Å². The van der Waals surface area contributed by atoms with Gasteiger partial charge in [-0.15, -0.1) is 0 Å². The molecule has 1 aliphatic rings. The van der Waals surface area contributed by atoms with Crippen LogP contribution in [0, 0.1) is 0 Å². The van der Waals surface area contributed by atoms with E-state index in [0.29, 0.717) is 0 Å². The van der Waals surface area contributed by atoms with E-state index in [4.69, 9.17) is 11.5 Å². The summed E-state index contributed by atoms with van der Waals surface area (Å²) in [5.41, 5.74) is 13.8. The Morgan fingerprint density at radius 2 is 2.12 bits per heavy atom. The molecular weight excluding hydrogens is 230 g/mol. The number of rotatable bonds is 4. The van der Waals surface area contributed by atoms with E-state index in [1.807, 2.05) is 17.8 Å². The second-order valence-corrected chi connectivity index (χ2v) is 6.04. The molecule has 94 valence electrons. The lowest BCUT2D eigenvalue weighted by Gasteiger charge is -2.23. The minimum Gasteiger partial charge on any atom is -0.398 e. The van der Waals surface area contributed by atoms with Crippen LogP contribution < -0.4 is 11.5 Å². The summed E-state index contributed by atoms with van der Waals surface area (Å²) in [5.74, 6) is 0.945. The molecule has 0 amide bonds. The van der Waals surface area contributed by atoms with Crippen LogP contribution in [0.25, 0.3) is 0 Å². The zero-order chi connectivity index (χ0) is 12.1. The Morgan fingerprint density at radius 3 is 2.82 bits per heavy atom. The fraction of sp³-hybridized carbons (Fsp3) is 0.615. The number of pyridine rings is 1. The number of hydrogen-bond donors (Lipinski definition) is 2. The first kappa shape index (κ1) is 12.7. The van der Waals surface area contributed by atoms with Gasteiger partial charge in [-0.1, -0.05) is 19.3 Å². The molecule has 1 fully saturated rings. The summed E-state index contributed by atoms with van der Waals surface area (Å²) >= 11 is 2.00. The first-order valence-corrected chi connectivity index (χ1v) is 7.39. The third-order valence-corrected chi connectivity index (χ3v) is 4.84. The fourth-order valence-electron chi connectivity index (χ4n) is 2.29. The molecule has 0 saturated heterocycles. The second kappa shape index (κ2) is 6.26. The molecule has 1 unspecified atom stereocenters. The van der Waals surface area contributed by atoms with Crippen LogP contribution in [-0.2, 0) is 0 Å². The maximum absolute atomic E-state index is 6.17. The van der Waals surface area contributed by atoms with Gasteiger partial charge in [0.25, 0.3) is 0 Å². The lowest BCUT2D eigenvalue weighted by atomic mass is 10.0. The number of thioether (sulfide) groups is 1. The van der Waals surface area contributed by atoms with Crippen LogP contribution >= 0.6 is 11.8 Å². The highest BCUT2D eigenvalue weighted by Gasteiger charge is 2.16. The molecule has 0 aromatic carbocycles. The third kappa shape index (κ3) is 3.61. The number of nitrogen functional groups attached to an aromatic ring is 1. The highest BCUT2D eigenvalue weighted by atomic mass is 32.2.